The van der Waals surface area contributed by atoms with Gasteiger partial charge >= 0.3 is 0 Å². The summed E-state index contributed by atoms with van der Waals surface area (Å²) in [6.07, 6.45) is 2.19. The normalized spacial score (nSPS) is 16.5. The Bertz CT molecular complexity index is 468. The fourth-order valence-electron chi connectivity index (χ4n) is 2.49. The molecule has 6 heteroatoms. The van der Waals surface area contributed by atoms with Crippen LogP contribution in [-0.4, -0.2) is 57.2 Å². The molecule has 2 rings (SSSR count). The summed E-state index contributed by atoms with van der Waals surface area (Å²) >= 11 is 0. The Morgan fingerprint density at radius 3 is 2.78 bits per heavy atom. The molecule has 0 aliphatic carbocycles. The van der Waals surface area contributed by atoms with Crippen LogP contribution in [0.2, 0.25) is 0 Å². The summed E-state index contributed by atoms with van der Waals surface area (Å²) in [4.78, 5) is 6.84. The minimum Gasteiger partial charge on any atom is -0.488 e. The highest BCUT2D eigenvalue weighted by Crippen LogP contribution is 2.28. The molecule has 0 saturated carbocycles. The van der Waals surface area contributed by atoms with Crippen LogP contribution in [0, 0.1) is 0 Å². The smallest absolute Gasteiger partial charge is 0.191 e. The highest BCUT2D eigenvalue weighted by Gasteiger charge is 2.21. The summed E-state index contributed by atoms with van der Waals surface area (Å²) in [5.74, 6) is 1.88. The number of halogens is 1. The van der Waals surface area contributed by atoms with Gasteiger partial charge in [-0.3, -0.25) is 0 Å². The standard InChI is InChI=1S/C17H28N4O.HI/c1-4-18-17(19-10-7-11-21(2)3)20-13-15-12-14-8-5-6-9-16(14)22-15;/h5-6,8-9,15H,4,7,10-13H2,1-3H3,(H2,18,19,20);1H. The lowest BCUT2D eigenvalue weighted by Crippen LogP contribution is -2.39. The van der Waals surface area contributed by atoms with Gasteiger partial charge < -0.3 is 20.3 Å². The second-order valence-corrected chi connectivity index (χ2v) is 5.85. The van der Waals surface area contributed by atoms with Crippen LogP contribution in [0.25, 0.3) is 0 Å². The van der Waals surface area contributed by atoms with Gasteiger partial charge in [0.05, 0.1) is 6.54 Å². The van der Waals surface area contributed by atoms with Crippen molar-refractivity contribution in [2.45, 2.75) is 25.9 Å². The first-order valence-corrected chi connectivity index (χ1v) is 8.10. The van der Waals surface area contributed by atoms with Gasteiger partial charge in [-0.05, 0) is 45.6 Å². The SMILES string of the molecule is CCNC(=NCC1Cc2ccccc2O1)NCCCN(C)C.I. The number of guanidine groups is 1. The molecule has 0 amide bonds. The quantitative estimate of drug-likeness (QED) is 0.300. The van der Waals surface area contributed by atoms with E-state index in [9.17, 15) is 0 Å². The van der Waals surface area contributed by atoms with Gasteiger partial charge in [-0.2, -0.15) is 0 Å². The molecule has 0 radical (unpaired) electrons. The number of aliphatic imine (C=N–C) groups is 1. The van der Waals surface area contributed by atoms with Crippen molar-refractivity contribution in [3.05, 3.63) is 29.8 Å². The molecule has 0 saturated heterocycles. The average Bonchev–Trinajstić information content (AvgIpc) is 2.91. The van der Waals surface area contributed by atoms with Crippen LogP contribution >= 0.6 is 24.0 Å². The number of hydrogen-bond acceptors (Lipinski definition) is 3. The molecule has 1 aromatic rings. The lowest BCUT2D eigenvalue weighted by molar-refractivity contribution is 0.241. The molecule has 1 aliphatic heterocycles. The monoisotopic (exact) mass is 432 g/mol. The molecule has 2 N–H and O–H groups in total. The van der Waals surface area contributed by atoms with Gasteiger partial charge in [0.25, 0.3) is 0 Å². The molecule has 0 aromatic heterocycles. The Hall–Kier alpha value is -1.02. The highest BCUT2D eigenvalue weighted by molar-refractivity contribution is 14.0. The molecule has 0 bridgehead atoms. The number of hydrogen-bond donors (Lipinski definition) is 2. The van der Waals surface area contributed by atoms with Crippen LogP contribution in [0.4, 0.5) is 0 Å². The van der Waals surface area contributed by atoms with E-state index in [0.29, 0.717) is 6.54 Å². The number of benzene rings is 1. The molecule has 23 heavy (non-hydrogen) atoms. The summed E-state index contributed by atoms with van der Waals surface area (Å²) in [6, 6.07) is 8.23. The van der Waals surface area contributed by atoms with Crippen molar-refractivity contribution >= 4 is 29.9 Å². The van der Waals surface area contributed by atoms with Gasteiger partial charge in [0.2, 0.25) is 0 Å². The summed E-state index contributed by atoms with van der Waals surface area (Å²) in [7, 11) is 4.18. The third-order valence-corrected chi connectivity index (χ3v) is 3.59. The van der Waals surface area contributed by atoms with Crippen molar-refractivity contribution in [3.63, 3.8) is 0 Å². The van der Waals surface area contributed by atoms with Crippen molar-refractivity contribution in [3.8, 4) is 5.75 Å². The zero-order valence-corrected chi connectivity index (χ0v) is 16.7. The van der Waals surface area contributed by atoms with Gasteiger partial charge in [0.15, 0.2) is 5.96 Å². The molecule has 1 heterocycles. The fraction of sp³-hybridized carbons (Fsp3) is 0.588. The van der Waals surface area contributed by atoms with Gasteiger partial charge in [0, 0.05) is 19.5 Å². The number of rotatable bonds is 7. The van der Waals surface area contributed by atoms with Crippen LogP contribution in [0.5, 0.6) is 5.75 Å². The second kappa shape index (κ2) is 10.7. The van der Waals surface area contributed by atoms with Crippen molar-refractivity contribution in [1.82, 2.24) is 15.5 Å². The van der Waals surface area contributed by atoms with Gasteiger partial charge in [0.1, 0.15) is 11.9 Å². The molecule has 0 fully saturated rings. The lowest BCUT2D eigenvalue weighted by Gasteiger charge is -2.14. The zero-order valence-electron chi connectivity index (χ0n) is 14.3. The van der Waals surface area contributed by atoms with E-state index >= 15 is 0 Å². The van der Waals surface area contributed by atoms with Gasteiger partial charge in [-0.15, -0.1) is 24.0 Å². The molecule has 0 spiro atoms. The minimum atomic E-state index is 0. The first kappa shape index (κ1) is 20.0. The molecule has 5 nitrogen and oxygen atoms in total. The van der Waals surface area contributed by atoms with Gasteiger partial charge in [-0.25, -0.2) is 4.99 Å². The van der Waals surface area contributed by atoms with E-state index in [2.05, 4.69) is 53.7 Å². The summed E-state index contributed by atoms with van der Waals surface area (Å²) in [6.45, 7) is 5.63. The molecular formula is C17H29IN4O. The third-order valence-electron chi connectivity index (χ3n) is 3.59. The van der Waals surface area contributed by atoms with Crippen LogP contribution in [0.3, 0.4) is 0 Å². The van der Waals surface area contributed by atoms with Crippen molar-refractivity contribution < 1.29 is 4.74 Å². The number of para-hydroxylation sites is 1. The maximum Gasteiger partial charge on any atom is 0.191 e. The van der Waals surface area contributed by atoms with E-state index in [-0.39, 0.29) is 30.1 Å². The number of fused-ring (bicyclic) bond motifs is 1. The maximum absolute atomic E-state index is 5.92. The Morgan fingerprint density at radius 2 is 2.09 bits per heavy atom. The molecule has 1 atom stereocenters. The number of nitrogens with one attached hydrogen (secondary N) is 2. The first-order chi connectivity index (χ1) is 10.7. The van der Waals surface area contributed by atoms with Crippen LogP contribution in [0.15, 0.2) is 29.3 Å². The van der Waals surface area contributed by atoms with Crippen LogP contribution < -0.4 is 15.4 Å². The van der Waals surface area contributed by atoms with E-state index in [0.717, 1.165) is 44.2 Å². The first-order valence-electron chi connectivity index (χ1n) is 8.10. The minimum absolute atomic E-state index is 0. The second-order valence-electron chi connectivity index (χ2n) is 5.85. The number of ether oxygens (including phenoxy) is 1. The van der Waals surface area contributed by atoms with Crippen LogP contribution in [0.1, 0.15) is 18.9 Å². The topological polar surface area (TPSA) is 48.9 Å². The Morgan fingerprint density at radius 1 is 1.30 bits per heavy atom. The average molecular weight is 432 g/mol. The number of nitrogens with zero attached hydrogens (tertiary/aromatic N) is 2. The zero-order chi connectivity index (χ0) is 15.8. The van der Waals surface area contributed by atoms with E-state index in [1.54, 1.807) is 0 Å². The molecule has 1 aliphatic rings. The van der Waals surface area contributed by atoms with E-state index in [1.165, 1.54) is 5.56 Å². The lowest BCUT2D eigenvalue weighted by atomic mass is 10.1. The predicted molar refractivity (Wildman–Crippen MR) is 107 cm³/mol. The van der Waals surface area contributed by atoms with Gasteiger partial charge in [-0.1, -0.05) is 18.2 Å². The Balaban J connectivity index is 0.00000264. The van der Waals surface area contributed by atoms with E-state index in [4.69, 9.17) is 4.74 Å². The Labute approximate surface area is 156 Å². The summed E-state index contributed by atoms with van der Waals surface area (Å²) in [5.41, 5.74) is 1.28. The third kappa shape index (κ3) is 6.95. The highest BCUT2D eigenvalue weighted by atomic mass is 127. The maximum atomic E-state index is 5.92. The molecular weight excluding hydrogens is 403 g/mol. The molecule has 130 valence electrons. The van der Waals surface area contributed by atoms with Crippen LogP contribution in [-0.2, 0) is 6.42 Å². The Kier molecular flexibility index (Phi) is 9.31. The van der Waals surface area contributed by atoms with Crippen molar-refractivity contribution in [1.29, 1.82) is 0 Å². The summed E-state index contributed by atoms with van der Waals surface area (Å²) < 4.78 is 5.92. The molecule has 1 aromatic carbocycles. The largest absolute Gasteiger partial charge is 0.488 e. The molecule has 1 unspecified atom stereocenters. The van der Waals surface area contributed by atoms with Crippen molar-refractivity contribution in [2.24, 2.45) is 4.99 Å². The summed E-state index contributed by atoms with van der Waals surface area (Å²) in [5, 5.41) is 6.66. The predicted octanol–water partition coefficient (Wildman–Crippen LogP) is 2.11. The fourth-order valence-corrected chi connectivity index (χ4v) is 2.49. The van der Waals surface area contributed by atoms with Crippen molar-refractivity contribution in [2.75, 3.05) is 40.3 Å². The van der Waals surface area contributed by atoms with E-state index in [1.807, 2.05) is 12.1 Å². The van der Waals surface area contributed by atoms with E-state index < -0.39 is 0 Å².